The molecule has 0 radical (unpaired) electrons. The second-order valence-electron chi connectivity index (χ2n) is 6.16. The third-order valence-corrected chi connectivity index (χ3v) is 4.01. The Morgan fingerprint density at radius 1 is 1.24 bits per heavy atom. The summed E-state index contributed by atoms with van der Waals surface area (Å²) in [4.78, 5) is 21.4. The van der Waals surface area contributed by atoms with Crippen LogP contribution in [0.15, 0.2) is 42.5 Å². The molecule has 0 atom stereocenters. The van der Waals surface area contributed by atoms with E-state index in [-0.39, 0.29) is 11.7 Å². The standard InChI is InChI=1S/C19H21FN4O/c1-24(2)17-8-7-13(11-14(17)20)12-21-19(25)10-9-18-22-15-5-3-4-6-16(15)23-18/h3-8,11H,9-10,12H2,1-2H3,(H,21,25)(H,22,23). The summed E-state index contributed by atoms with van der Waals surface area (Å²) >= 11 is 0. The van der Waals surface area contributed by atoms with Crippen LogP contribution in [0.1, 0.15) is 17.8 Å². The van der Waals surface area contributed by atoms with E-state index in [0.717, 1.165) is 22.4 Å². The summed E-state index contributed by atoms with van der Waals surface area (Å²) in [5, 5.41) is 2.82. The van der Waals surface area contributed by atoms with Gasteiger partial charge in [0, 0.05) is 33.5 Å². The largest absolute Gasteiger partial charge is 0.375 e. The van der Waals surface area contributed by atoms with Gasteiger partial charge in [0.1, 0.15) is 11.6 Å². The summed E-state index contributed by atoms with van der Waals surface area (Å²) < 4.78 is 13.9. The first-order chi connectivity index (χ1) is 12.0. The van der Waals surface area contributed by atoms with Crippen LogP contribution >= 0.6 is 0 Å². The van der Waals surface area contributed by atoms with Crippen molar-refractivity contribution in [3.63, 3.8) is 0 Å². The third-order valence-electron chi connectivity index (χ3n) is 4.01. The van der Waals surface area contributed by atoms with Crippen LogP contribution in [0.3, 0.4) is 0 Å². The molecule has 0 aliphatic rings. The van der Waals surface area contributed by atoms with Gasteiger partial charge in [-0.15, -0.1) is 0 Å². The van der Waals surface area contributed by atoms with E-state index in [1.54, 1.807) is 25.1 Å². The number of nitrogens with zero attached hydrogens (tertiary/aromatic N) is 2. The summed E-state index contributed by atoms with van der Waals surface area (Å²) in [7, 11) is 3.58. The lowest BCUT2D eigenvalue weighted by molar-refractivity contribution is -0.121. The number of fused-ring (bicyclic) bond motifs is 1. The lowest BCUT2D eigenvalue weighted by Crippen LogP contribution is -2.23. The average Bonchev–Trinajstić information content (AvgIpc) is 3.01. The molecule has 1 amide bonds. The van der Waals surface area contributed by atoms with E-state index in [2.05, 4.69) is 15.3 Å². The highest BCUT2D eigenvalue weighted by atomic mass is 19.1. The molecule has 0 saturated heterocycles. The molecule has 0 saturated carbocycles. The second kappa shape index (κ2) is 7.34. The van der Waals surface area contributed by atoms with E-state index in [0.29, 0.717) is 25.1 Å². The van der Waals surface area contributed by atoms with Gasteiger partial charge in [-0.2, -0.15) is 0 Å². The summed E-state index contributed by atoms with van der Waals surface area (Å²) in [5.74, 6) is 0.411. The predicted octanol–water partition coefficient (Wildman–Crippen LogP) is 3.02. The van der Waals surface area contributed by atoms with Crippen molar-refractivity contribution < 1.29 is 9.18 Å². The highest BCUT2D eigenvalue weighted by Crippen LogP contribution is 2.18. The molecule has 3 rings (SSSR count). The Morgan fingerprint density at radius 2 is 2.04 bits per heavy atom. The van der Waals surface area contributed by atoms with Crippen molar-refractivity contribution >= 4 is 22.6 Å². The number of hydrogen-bond donors (Lipinski definition) is 2. The molecule has 0 aliphatic carbocycles. The number of carbonyl (C=O) groups is 1. The summed E-state index contributed by atoms with van der Waals surface area (Å²) in [5.41, 5.74) is 3.13. The van der Waals surface area contributed by atoms with E-state index < -0.39 is 0 Å². The van der Waals surface area contributed by atoms with E-state index in [1.165, 1.54) is 6.07 Å². The molecule has 0 aliphatic heterocycles. The van der Waals surface area contributed by atoms with Crippen molar-refractivity contribution in [3.05, 3.63) is 59.7 Å². The number of carbonyl (C=O) groups excluding carboxylic acids is 1. The third kappa shape index (κ3) is 4.15. The van der Waals surface area contributed by atoms with Crippen LogP contribution in [0.2, 0.25) is 0 Å². The summed E-state index contributed by atoms with van der Waals surface area (Å²) in [6.45, 7) is 0.309. The molecule has 1 heterocycles. The minimum atomic E-state index is -0.293. The van der Waals surface area contributed by atoms with Crippen molar-refractivity contribution in [2.45, 2.75) is 19.4 Å². The molecular weight excluding hydrogens is 319 g/mol. The number of halogens is 1. The predicted molar refractivity (Wildman–Crippen MR) is 97.0 cm³/mol. The van der Waals surface area contributed by atoms with Crippen LogP contribution in [-0.4, -0.2) is 30.0 Å². The van der Waals surface area contributed by atoms with Crippen LogP contribution in [0.25, 0.3) is 11.0 Å². The Bertz CT molecular complexity index is 855. The Kier molecular flexibility index (Phi) is 4.97. The first kappa shape index (κ1) is 17.0. The molecule has 0 unspecified atom stereocenters. The first-order valence-corrected chi connectivity index (χ1v) is 8.19. The van der Waals surface area contributed by atoms with Crippen molar-refractivity contribution in [2.75, 3.05) is 19.0 Å². The number of benzene rings is 2. The van der Waals surface area contributed by atoms with Gasteiger partial charge in [-0.25, -0.2) is 9.37 Å². The van der Waals surface area contributed by atoms with Gasteiger partial charge in [0.25, 0.3) is 0 Å². The van der Waals surface area contributed by atoms with Gasteiger partial charge in [0.2, 0.25) is 5.91 Å². The van der Waals surface area contributed by atoms with Crippen molar-refractivity contribution in [1.29, 1.82) is 0 Å². The number of rotatable bonds is 6. The number of aromatic nitrogens is 2. The number of H-pyrrole nitrogens is 1. The molecular formula is C19H21FN4O. The number of aromatic amines is 1. The zero-order chi connectivity index (χ0) is 17.8. The smallest absolute Gasteiger partial charge is 0.220 e. The lowest BCUT2D eigenvalue weighted by atomic mass is 10.2. The molecule has 5 nitrogen and oxygen atoms in total. The normalized spacial score (nSPS) is 10.8. The van der Waals surface area contributed by atoms with E-state index in [4.69, 9.17) is 0 Å². The van der Waals surface area contributed by atoms with Crippen LogP contribution in [0.5, 0.6) is 0 Å². The molecule has 130 valence electrons. The van der Waals surface area contributed by atoms with Crippen molar-refractivity contribution in [3.8, 4) is 0 Å². The SMILES string of the molecule is CN(C)c1ccc(CNC(=O)CCc2nc3ccccc3[nH]2)cc1F. The highest BCUT2D eigenvalue weighted by molar-refractivity contribution is 5.77. The Hall–Kier alpha value is -2.89. The van der Waals surface area contributed by atoms with E-state index in [1.807, 2.05) is 30.3 Å². The number of nitrogens with one attached hydrogen (secondary N) is 2. The van der Waals surface area contributed by atoms with Gasteiger partial charge in [0.05, 0.1) is 16.7 Å². The van der Waals surface area contributed by atoms with Gasteiger partial charge in [-0.1, -0.05) is 18.2 Å². The minimum Gasteiger partial charge on any atom is -0.375 e. The quantitative estimate of drug-likeness (QED) is 0.725. The van der Waals surface area contributed by atoms with Crippen LogP contribution in [0.4, 0.5) is 10.1 Å². The zero-order valence-electron chi connectivity index (χ0n) is 14.3. The topological polar surface area (TPSA) is 61.0 Å². The molecule has 0 spiro atoms. The van der Waals surface area contributed by atoms with Crippen LogP contribution < -0.4 is 10.2 Å². The fourth-order valence-electron chi connectivity index (χ4n) is 2.67. The van der Waals surface area contributed by atoms with Gasteiger partial charge in [0.15, 0.2) is 0 Å². The molecule has 0 bridgehead atoms. The summed E-state index contributed by atoms with van der Waals surface area (Å²) in [6, 6.07) is 12.7. The summed E-state index contributed by atoms with van der Waals surface area (Å²) in [6.07, 6.45) is 0.868. The van der Waals surface area contributed by atoms with Crippen LogP contribution in [-0.2, 0) is 17.8 Å². The molecule has 1 aromatic heterocycles. The van der Waals surface area contributed by atoms with Gasteiger partial charge < -0.3 is 15.2 Å². The molecule has 2 N–H and O–H groups in total. The molecule has 2 aromatic carbocycles. The van der Waals surface area contributed by atoms with Gasteiger partial charge in [-0.05, 0) is 29.8 Å². The zero-order valence-corrected chi connectivity index (χ0v) is 14.3. The lowest BCUT2D eigenvalue weighted by Gasteiger charge is -2.14. The molecule has 0 fully saturated rings. The van der Waals surface area contributed by atoms with Gasteiger partial charge >= 0.3 is 0 Å². The minimum absolute atomic E-state index is 0.0856. The Morgan fingerprint density at radius 3 is 2.76 bits per heavy atom. The van der Waals surface area contributed by atoms with E-state index in [9.17, 15) is 9.18 Å². The average molecular weight is 340 g/mol. The van der Waals surface area contributed by atoms with Gasteiger partial charge in [-0.3, -0.25) is 4.79 Å². The second-order valence-corrected chi connectivity index (χ2v) is 6.16. The number of amides is 1. The fourth-order valence-corrected chi connectivity index (χ4v) is 2.67. The van der Waals surface area contributed by atoms with Crippen molar-refractivity contribution in [2.24, 2.45) is 0 Å². The van der Waals surface area contributed by atoms with Crippen LogP contribution in [0, 0.1) is 5.82 Å². The monoisotopic (exact) mass is 340 g/mol. The fraction of sp³-hybridized carbons (Fsp3) is 0.263. The highest BCUT2D eigenvalue weighted by Gasteiger charge is 2.08. The number of hydrogen-bond acceptors (Lipinski definition) is 3. The Labute approximate surface area is 145 Å². The maximum atomic E-state index is 13.9. The number of para-hydroxylation sites is 2. The molecule has 25 heavy (non-hydrogen) atoms. The van der Waals surface area contributed by atoms with Crippen molar-refractivity contribution in [1.82, 2.24) is 15.3 Å². The number of aryl methyl sites for hydroxylation is 1. The molecule has 6 heteroatoms. The number of anilines is 1. The first-order valence-electron chi connectivity index (χ1n) is 8.19. The maximum Gasteiger partial charge on any atom is 0.220 e. The molecule has 3 aromatic rings. The van der Waals surface area contributed by atoms with E-state index >= 15 is 0 Å². The number of imidazole rings is 1. The Balaban J connectivity index is 1.52. The maximum absolute atomic E-state index is 13.9.